The predicted molar refractivity (Wildman–Crippen MR) is 47.2 cm³/mol. The van der Waals surface area contributed by atoms with Crippen LogP contribution in [0.3, 0.4) is 0 Å². The van der Waals surface area contributed by atoms with Crippen molar-refractivity contribution >= 4 is 6.29 Å². The third-order valence-corrected chi connectivity index (χ3v) is 1.70. The number of hydrogen-bond acceptors (Lipinski definition) is 2. The fourth-order valence-electron chi connectivity index (χ4n) is 0.892. The molecule has 0 aliphatic rings. The molecule has 0 aromatic heterocycles. The summed E-state index contributed by atoms with van der Waals surface area (Å²) in [6.07, 6.45) is -3.69. The second-order valence-corrected chi connectivity index (χ2v) is 2.84. The van der Waals surface area contributed by atoms with E-state index in [4.69, 9.17) is 4.74 Å². The van der Waals surface area contributed by atoms with Crippen LogP contribution >= 0.6 is 0 Å². The zero-order chi connectivity index (χ0) is 11.3. The summed E-state index contributed by atoms with van der Waals surface area (Å²) in [6, 6.07) is 7.99. The Kier molecular flexibility index (Phi) is 3.71. The van der Waals surface area contributed by atoms with Crippen LogP contribution in [-0.2, 0) is 4.79 Å². The average molecular weight is 217 g/mol. The SMILES string of the molecule is O=[C]C(COc1ccccc1)C(F)(F)F. The quantitative estimate of drug-likeness (QED) is 0.773. The summed E-state index contributed by atoms with van der Waals surface area (Å²) in [5, 5.41) is 0. The first kappa shape index (κ1) is 11.6. The van der Waals surface area contributed by atoms with Gasteiger partial charge in [-0.25, -0.2) is 0 Å². The molecular formula is C10H8F3O2. The second kappa shape index (κ2) is 4.82. The van der Waals surface area contributed by atoms with Crippen LogP contribution in [0.15, 0.2) is 30.3 Å². The molecule has 0 N–H and O–H groups in total. The molecule has 0 saturated carbocycles. The van der Waals surface area contributed by atoms with Crippen molar-refractivity contribution in [3.05, 3.63) is 30.3 Å². The van der Waals surface area contributed by atoms with E-state index < -0.39 is 18.7 Å². The summed E-state index contributed by atoms with van der Waals surface area (Å²) in [6.45, 7) is -0.739. The summed E-state index contributed by atoms with van der Waals surface area (Å²) >= 11 is 0. The number of para-hydroxylation sites is 1. The van der Waals surface area contributed by atoms with Crippen LogP contribution in [0, 0.1) is 5.92 Å². The maximum Gasteiger partial charge on any atom is 0.402 e. The van der Waals surface area contributed by atoms with Crippen LogP contribution in [0.1, 0.15) is 0 Å². The van der Waals surface area contributed by atoms with E-state index >= 15 is 0 Å². The third kappa shape index (κ3) is 3.61. The lowest BCUT2D eigenvalue weighted by Gasteiger charge is -2.14. The van der Waals surface area contributed by atoms with Crippen molar-refractivity contribution in [2.24, 2.45) is 5.92 Å². The Morgan fingerprint density at radius 2 is 1.87 bits per heavy atom. The van der Waals surface area contributed by atoms with Crippen molar-refractivity contribution in [3.63, 3.8) is 0 Å². The summed E-state index contributed by atoms with van der Waals surface area (Å²) in [7, 11) is 0. The minimum absolute atomic E-state index is 0.294. The average Bonchev–Trinajstić information content (AvgIpc) is 2.18. The minimum Gasteiger partial charge on any atom is -0.492 e. The molecule has 1 unspecified atom stereocenters. The first-order valence-corrected chi connectivity index (χ1v) is 4.16. The Morgan fingerprint density at radius 1 is 1.27 bits per heavy atom. The van der Waals surface area contributed by atoms with Gasteiger partial charge >= 0.3 is 6.18 Å². The zero-order valence-corrected chi connectivity index (χ0v) is 7.62. The molecule has 2 nitrogen and oxygen atoms in total. The molecular weight excluding hydrogens is 209 g/mol. The molecule has 0 bridgehead atoms. The van der Waals surface area contributed by atoms with Gasteiger partial charge in [-0.1, -0.05) is 18.2 Å². The smallest absolute Gasteiger partial charge is 0.402 e. The Balaban J connectivity index is 2.52. The van der Waals surface area contributed by atoms with Crippen LogP contribution < -0.4 is 4.74 Å². The highest BCUT2D eigenvalue weighted by molar-refractivity contribution is 5.56. The van der Waals surface area contributed by atoms with E-state index in [0.29, 0.717) is 5.75 Å². The van der Waals surface area contributed by atoms with Gasteiger partial charge in [0.05, 0.1) is 0 Å². The van der Waals surface area contributed by atoms with Crippen LogP contribution in [-0.4, -0.2) is 19.1 Å². The molecule has 0 spiro atoms. The second-order valence-electron chi connectivity index (χ2n) is 2.84. The van der Waals surface area contributed by atoms with Gasteiger partial charge in [0.25, 0.3) is 0 Å². The Morgan fingerprint density at radius 3 is 2.33 bits per heavy atom. The molecule has 81 valence electrons. The fraction of sp³-hybridized carbons (Fsp3) is 0.300. The van der Waals surface area contributed by atoms with Crippen LogP contribution in [0.4, 0.5) is 13.2 Å². The molecule has 1 aromatic carbocycles. The van der Waals surface area contributed by atoms with Gasteiger partial charge < -0.3 is 4.74 Å². The third-order valence-electron chi connectivity index (χ3n) is 1.70. The van der Waals surface area contributed by atoms with E-state index in [1.807, 2.05) is 0 Å². The summed E-state index contributed by atoms with van der Waals surface area (Å²) in [5.41, 5.74) is 0. The van der Waals surface area contributed by atoms with E-state index in [0.717, 1.165) is 6.29 Å². The van der Waals surface area contributed by atoms with Gasteiger partial charge in [0, 0.05) is 0 Å². The van der Waals surface area contributed by atoms with Crippen LogP contribution in [0.2, 0.25) is 0 Å². The first-order chi connectivity index (χ1) is 7.04. The van der Waals surface area contributed by atoms with Gasteiger partial charge in [-0.15, -0.1) is 0 Å². The van der Waals surface area contributed by atoms with E-state index in [-0.39, 0.29) is 0 Å². The van der Waals surface area contributed by atoms with Gasteiger partial charge in [-0.2, -0.15) is 13.2 Å². The molecule has 0 aliphatic heterocycles. The fourth-order valence-corrected chi connectivity index (χ4v) is 0.892. The standard InChI is InChI=1S/C10H8F3O2/c11-10(12,13)8(6-14)7-15-9-4-2-1-3-5-9/h1-5,8H,7H2. The lowest BCUT2D eigenvalue weighted by molar-refractivity contribution is -0.161. The topological polar surface area (TPSA) is 26.3 Å². The molecule has 5 heteroatoms. The lowest BCUT2D eigenvalue weighted by Crippen LogP contribution is -2.29. The summed E-state index contributed by atoms with van der Waals surface area (Å²) < 4.78 is 41.0. The molecule has 0 amide bonds. The molecule has 1 radical (unpaired) electrons. The van der Waals surface area contributed by atoms with Crippen molar-refractivity contribution in [2.75, 3.05) is 6.61 Å². The van der Waals surface area contributed by atoms with Crippen LogP contribution in [0.5, 0.6) is 5.75 Å². The van der Waals surface area contributed by atoms with Gasteiger partial charge in [-0.05, 0) is 12.1 Å². The number of alkyl halides is 3. The molecule has 0 fully saturated rings. The summed E-state index contributed by atoms with van der Waals surface area (Å²) in [4.78, 5) is 10.0. The largest absolute Gasteiger partial charge is 0.492 e. The number of halogens is 3. The Bertz CT molecular complexity index is 308. The normalized spacial score (nSPS) is 13.3. The van der Waals surface area contributed by atoms with Crippen molar-refractivity contribution in [2.45, 2.75) is 6.18 Å². The highest BCUT2D eigenvalue weighted by Gasteiger charge is 2.40. The molecule has 0 saturated heterocycles. The highest BCUT2D eigenvalue weighted by atomic mass is 19.4. The molecule has 0 heterocycles. The van der Waals surface area contributed by atoms with Crippen molar-refractivity contribution in [1.29, 1.82) is 0 Å². The summed E-state index contributed by atoms with van der Waals surface area (Å²) in [5.74, 6) is -1.90. The predicted octanol–water partition coefficient (Wildman–Crippen LogP) is 2.35. The number of carbonyl (C=O) groups excluding carboxylic acids is 1. The van der Waals surface area contributed by atoms with Crippen molar-refractivity contribution < 1.29 is 22.7 Å². The number of hydrogen-bond donors (Lipinski definition) is 0. The first-order valence-electron chi connectivity index (χ1n) is 4.16. The highest BCUT2D eigenvalue weighted by Crippen LogP contribution is 2.25. The van der Waals surface area contributed by atoms with Gasteiger partial charge in [0.2, 0.25) is 6.29 Å². The van der Waals surface area contributed by atoms with E-state index in [1.54, 1.807) is 18.2 Å². The molecule has 0 aliphatic carbocycles. The van der Waals surface area contributed by atoms with E-state index in [9.17, 15) is 18.0 Å². The lowest BCUT2D eigenvalue weighted by atomic mass is 10.2. The minimum atomic E-state index is -4.60. The molecule has 1 rings (SSSR count). The maximum atomic E-state index is 12.1. The van der Waals surface area contributed by atoms with Crippen molar-refractivity contribution in [3.8, 4) is 5.75 Å². The van der Waals surface area contributed by atoms with Crippen molar-refractivity contribution in [1.82, 2.24) is 0 Å². The zero-order valence-electron chi connectivity index (χ0n) is 7.62. The van der Waals surface area contributed by atoms with Gasteiger partial charge in [0.1, 0.15) is 12.4 Å². The Labute approximate surface area is 84.7 Å². The van der Waals surface area contributed by atoms with Crippen LogP contribution in [0.25, 0.3) is 0 Å². The van der Waals surface area contributed by atoms with Gasteiger partial charge in [-0.3, -0.25) is 4.79 Å². The number of benzene rings is 1. The molecule has 15 heavy (non-hydrogen) atoms. The molecule has 1 aromatic rings. The van der Waals surface area contributed by atoms with E-state index in [1.165, 1.54) is 12.1 Å². The van der Waals surface area contributed by atoms with E-state index in [2.05, 4.69) is 0 Å². The maximum absolute atomic E-state index is 12.1. The monoisotopic (exact) mass is 217 g/mol. The number of ether oxygens (including phenoxy) is 1. The Hall–Kier alpha value is -1.52. The van der Waals surface area contributed by atoms with Gasteiger partial charge in [0.15, 0.2) is 5.92 Å². The number of rotatable bonds is 4. The molecule has 1 atom stereocenters.